The Kier molecular flexibility index (Phi) is 4.39. The summed E-state index contributed by atoms with van der Waals surface area (Å²) in [7, 11) is 0. The highest BCUT2D eigenvalue weighted by atomic mass is 79.9. The van der Waals surface area contributed by atoms with Crippen LogP contribution >= 0.6 is 15.9 Å². The molecular formula is C15H15BrN2O2. The van der Waals surface area contributed by atoms with Gasteiger partial charge in [-0.15, -0.1) is 0 Å². The van der Waals surface area contributed by atoms with E-state index in [1.807, 2.05) is 37.3 Å². The number of rotatable bonds is 4. The lowest BCUT2D eigenvalue weighted by Crippen LogP contribution is -2.03. The first-order chi connectivity index (χ1) is 9.49. The number of nitrogens with zero attached hydrogens (tertiary/aromatic N) is 1. The van der Waals surface area contributed by atoms with E-state index in [2.05, 4.69) is 21.2 Å². The first-order valence-corrected chi connectivity index (χ1v) is 7.01. The molecule has 2 aromatic carbocycles. The lowest BCUT2D eigenvalue weighted by atomic mass is 10.1. The molecule has 0 heterocycles. The van der Waals surface area contributed by atoms with Crippen molar-refractivity contribution in [1.82, 2.24) is 0 Å². The highest BCUT2D eigenvalue weighted by molar-refractivity contribution is 9.10. The molecule has 2 rings (SSSR count). The van der Waals surface area contributed by atoms with Crippen LogP contribution in [0.5, 0.6) is 0 Å². The van der Waals surface area contributed by atoms with Crippen LogP contribution in [0.4, 0.5) is 11.4 Å². The smallest absolute Gasteiger partial charge is 0.274 e. The molecule has 0 amide bonds. The van der Waals surface area contributed by atoms with Crippen LogP contribution in [-0.4, -0.2) is 4.92 Å². The number of hydrogen-bond acceptors (Lipinski definition) is 3. The molecule has 0 spiro atoms. The summed E-state index contributed by atoms with van der Waals surface area (Å²) in [6.07, 6.45) is 0. The van der Waals surface area contributed by atoms with E-state index in [1.165, 1.54) is 0 Å². The zero-order valence-electron chi connectivity index (χ0n) is 11.3. The molecule has 0 aromatic heterocycles. The van der Waals surface area contributed by atoms with Crippen LogP contribution in [0.1, 0.15) is 16.7 Å². The zero-order chi connectivity index (χ0) is 14.7. The Hall–Kier alpha value is -1.88. The lowest BCUT2D eigenvalue weighted by Gasteiger charge is -2.11. The first kappa shape index (κ1) is 14.5. The first-order valence-electron chi connectivity index (χ1n) is 6.22. The minimum Gasteiger partial charge on any atom is -0.381 e. The van der Waals surface area contributed by atoms with Crippen LogP contribution in [0, 0.1) is 24.0 Å². The second-order valence-electron chi connectivity index (χ2n) is 4.66. The van der Waals surface area contributed by atoms with Crippen LogP contribution in [0.2, 0.25) is 0 Å². The summed E-state index contributed by atoms with van der Waals surface area (Å²) in [6, 6.07) is 11.3. The molecule has 0 bridgehead atoms. The fraction of sp³-hybridized carbons (Fsp3) is 0.200. The van der Waals surface area contributed by atoms with E-state index in [1.54, 1.807) is 13.0 Å². The third-order valence-corrected chi connectivity index (χ3v) is 3.94. The Balaban J connectivity index is 2.24. The van der Waals surface area contributed by atoms with E-state index in [4.69, 9.17) is 0 Å². The molecule has 4 nitrogen and oxygen atoms in total. The van der Waals surface area contributed by atoms with Gasteiger partial charge in [0.15, 0.2) is 0 Å². The summed E-state index contributed by atoms with van der Waals surface area (Å²) in [5.41, 5.74) is 3.72. The molecule has 5 heteroatoms. The van der Waals surface area contributed by atoms with Crippen molar-refractivity contribution in [3.63, 3.8) is 0 Å². The molecule has 0 aliphatic carbocycles. The van der Waals surface area contributed by atoms with Gasteiger partial charge in [0, 0.05) is 28.3 Å². The number of aryl methyl sites for hydroxylation is 2. The summed E-state index contributed by atoms with van der Waals surface area (Å²) in [6.45, 7) is 4.31. The van der Waals surface area contributed by atoms with Crippen molar-refractivity contribution in [1.29, 1.82) is 0 Å². The summed E-state index contributed by atoms with van der Waals surface area (Å²) >= 11 is 3.49. The van der Waals surface area contributed by atoms with Gasteiger partial charge in [-0.3, -0.25) is 10.1 Å². The summed E-state index contributed by atoms with van der Waals surface area (Å²) < 4.78 is 1.02. The average Bonchev–Trinajstić information content (AvgIpc) is 2.39. The second-order valence-corrected chi connectivity index (χ2v) is 5.51. The van der Waals surface area contributed by atoms with E-state index in [0.717, 1.165) is 21.3 Å². The minimum atomic E-state index is -0.349. The number of benzene rings is 2. The standard InChI is InChI=1S/C15H15BrN2O2/c1-10-7-11(2)15(18(19)20)8-14(10)17-9-12-5-3-4-6-13(12)16/h3-8,17H,9H2,1-2H3. The molecule has 0 atom stereocenters. The van der Waals surface area contributed by atoms with Crippen molar-refractivity contribution in [2.75, 3.05) is 5.32 Å². The summed E-state index contributed by atoms with van der Waals surface area (Å²) in [5, 5.41) is 14.2. The minimum absolute atomic E-state index is 0.144. The van der Waals surface area contributed by atoms with E-state index < -0.39 is 0 Å². The number of anilines is 1. The van der Waals surface area contributed by atoms with Crippen LogP contribution < -0.4 is 5.32 Å². The van der Waals surface area contributed by atoms with E-state index >= 15 is 0 Å². The van der Waals surface area contributed by atoms with Crippen molar-refractivity contribution in [3.8, 4) is 0 Å². The monoisotopic (exact) mass is 334 g/mol. The molecule has 1 N–H and O–H groups in total. The third kappa shape index (κ3) is 3.17. The molecule has 2 aromatic rings. The Morgan fingerprint density at radius 1 is 1.20 bits per heavy atom. The highest BCUT2D eigenvalue weighted by Crippen LogP contribution is 2.27. The Labute approximate surface area is 126 Å². The van der Waals surface area contributed by atoms with Gasteiger partial charge in [-0.2, -0.15) is 0 Å². The molecular weight excluding hydrogens is 320 g/mol. The Morgan fingerprint density at radius 2 is 1.90 bits per heavy atom. The van der Waals surface area contributed by atoms with Gasteiger partial charge in [0.25, 0.3) is 5.69 Å². The van der Waals surface area contributed by atoms with E-state index in [9.17, 15) is 10.1 Å². The van der Waals surface area contributed by atoms with Crippen molar-refractivity contribution in [2.24, 2.45) is 0 Å². The van der Waals surface area contributed by atoms with Gasteiger partial charge in [-0.25, -0.2) is 0 Å². The summed E-state index contributed by atoms with van der Waals surface area (Å²) in [4.78, 5) is 10.6. The molecule has 0 saturated heterocycles. The van der Waals surface area contributed by atoms with Gasteiger partial charge in [0.1, 0.15) is 0 Å². The van der Waals surface area contributed by atoms with Gasteiger partial charge in [0.2, 0.25) is 0 Å². The van der Waals surface area contributed by atoms with Crippen LogP contribution in [0.25, 0.3) is 0 Å². The normalized spacial score (nSPS) is 10.3. The Bertz CT molecular complexity index is 656. The largest absolute Gasteiger partial charge is 0.381 e. The SMILES string of the molecule is Cc1cc(C)c([N+](=O)[O-])cc1NCc1ccccc1Br. The topological polar surface area (TPSA) is 55.2 Å². The van der Waals surface area contributed by atoms with Crippen molar-refractivity contribution in [3.05, 3.63) is 67.7 Å². The van der Waals surface area contributed by atoms with Crippen LogP contribution in [0.15, 0.2) is 40.9 Å². The molecule has 0 radical (unpaired) electrons. The summed E-state index contributed by atoms with van der Waals surface area (Å²) in [5.74, 6) is 0. The molecule has 0 fully saturated rings. The fourth-order valence-corrected chi connectivity index (χ4v) is 2.49. The molecule has 0 aliphatic rings. The maximum Gasteiger partial charge on any atom is 0.274 e. The number of nitrogens with one attached hydrogen (secondary N) is 1. The van der Waals surface area contributed by atoms with E-state index in [0.29, 0.717) is 12.1 Å². The molecule has 0 unspecified atom stereocenters. The maximum atomic E-state index is 11.0. The van der Waals surface area contributed by atoms with Crippen molar-refractivity contribution >= 4 is 27.3 Å². The number of halogens is 1. The quantitative estimate of drug-likeness (QED) is 0.657. The molecule has 0 aliphatic heterocycles. The predicted molar refractivity (Wildman–Crippen MR) is 84.0 cm³/mol. The number of nitro benzene ring substituents is 1. The van der Waals surface area contributed by atoms with Crippen LogP contribution in [0.3, 0.4) is 0 Å². The molecule has 20 heavy (non-hydrogen) atoms. The number of nitro groups is 1. The van der Waals surface area contributed by atoms with Gasteiger partial charge >= 0.3 is 0 Å². The zero-order valence-corrected chi connectivity index (χ0v) is 12.9. The number of hydrogen-bond donors (Lipinski definition) is 1. The van der Waals surface area contributed by atoms with Gasteiger partial charge in [-0.05, 0) is 37.1 Å². The molecule has 0 saturated carbocycles. The molecule has 104 valence electrons. The van der Waals surface area contributed by atoms with E-state index in [-0.39, 0.29) is 10.6 Å². The van der Waals surface area contributed by atoms with Gasteiger partial charge in [-0.1, -0.05) is 34.1 Å². The third-order valence-electron chi connectivity index (χ3n) is 3.17. The average molecular weight is 335 g/mol. The predicted octanol–water partition coefficient (Wildman–Crippen LogP) is 4.59. The lowest BCUT2D eigenvalue weighted by molar-refractivity contribution is -0.385. The van der Waals surface area contributed by atoms with Gasteiger partial charge in [0.05, 0.1) is 4.92 Å². The van der Waals surface area contributed by atoms with Gasteiger partial charge < -0.3 is 5.32 Å². The maximum absolute atomic E-state index is 11.0. The van der Waals surface area contributed by atoms with Crippen molar-refractivity contribution in [2.45, 2.75) is 20.4 Å². The highest BCUT2D eigenvalue weighted by Gasteiger charge is 2.13. The fourth-order valence-electron chi connectivity index (χ4n) is 2.06. The Morgan fingerprint density at radius 3 is 2.55 bits per heavy atom. The van der Waals surface area contributed by atoms with Crippen molar-refractivity contribution < 1.29 is 4.92 Å². The van der Waals surface area contributed by atoms with Crippen LogP contribution in [-0.2, 0) is 6.54 Å². The second kappa shape index (κ2) is 6.05.